The maximum atomic E-state index is 5.11. The Morgan fingerprint density at radius 3 is 2.00 bits per heavy atom. The van der Waals surface area contributed by atoms with E-state index in [1.165, 1.54) is 12.0 Å². The van der Waals surface area contributed by atoms with Crippen LogP contribution in [-0.2, 0) is 6.42 Å². The second kappa shape index (κ2) is 6.02. The molecule has 0 saturated carbocycles. The molecule has 1 heteroatoms. The first-order valence-corrected chi connectivity index (χ1v) is 4.29. The van der Waals surface area contributed by atoms with Gasteiger partial charge in [-0.3, -0.25) is 0 Å². The predicted octanol–water partition coefficient (Wildman–Crippen LogP) is 3.57. The van der Waals surface area contributed by atoms with Crippen LogP contribution in [0.25, 0.3) is 0 Å². The summed E-state index contributed by atoms with van der Waals surface area (Å²) < 4.78 is 5.11. The molecular formula is C10H18O. The van der Waals surface area contributed by atoms with E-state index in [4.69, 9.17) is 4.42 Å². The summed E-state index contributed by atoms with van der Waals surface area (Å²) in [6, 6.07) is 1.98. The van der Waals surface area contributed by atoms with Gasteiger partial charge in [-0.15, -0.1) is 0 Å². The van der Waals surface area contributed by atoms with Gasteiger partial charge in [0.15, 0.2) is 0 Å². The minimum Gasteiger partial charge on any atom is -0.469 e. The topological polar surface area (TPSA) is 13.1 Å². The van der Waals surface area contributed by atoms with Gasteiger partial charge in [-0.05, 0) is 18.6 Å². The Labute approximate surface area is 69.4 Å². The van der Waals surface area contributed by atoms with E-state index < -0.39 is 0 Å². The number of furan rings is 1. The third kappa shape index (κ3) is 3.87. The van der Waals surface area contributed by atoms with E-state index >= 15 is 0 Å². The van der Waals surface area contributed by atoms with Crippen molar-refractivity contribution in [3.05, 3.63) is 23.7 Å². The molecule has 1 nitrogen and oxygen atoms in total. The van der Waals surface area contributed by atoms with Crippen molar-refractivity contribution in [2.24, 2.45) is 0 Å². The van der Waals surface area contributed by atoms with E-state index in [0.717, 1.165) is 12.2 Å². The van der Waals surface area contributed by atoms with Crippen LogP contribution in [0.5, 0.6) is 0 Å². The lowest BCUT2D eigenvalue weighted by Gasteiger charge is -1.86. The molecule has 0 bridgehead atoms. The third-order valence-corrected chi connectivity index (χ3v) is 1.29. The van der Waals surface area contributed by atoms with Crippen molar-refractivity contribution in [2.75, 3.05) is 0 Å². The SMILES string of the molecule is CCC.CCc1occc1C. The minimum atomic E-state index is 0.999. The van der Waals surface area contributed by atoms with Crippen LogP contribution in [0.15, 0.2) is 16.7 Å². The van der Waals surface area contributed by atoms with E-state index in [2.05, 4.69) is 27.7 Å². The molecular weight excluding hydrogens is 136 g/mol. The molecule has 0 aliphatic carbocycles. The van der Waals surface area contributed by atoms with Crippen molar-refractivity contribution < 1.29 is 4.42 Å². The van der Waals surface area contributed by atoms with Crippen LogP contribution in [0.3, 0.4) is 0 Å². The van der Waals surface area contributed by atoms with Crippen LogP contribution in [0.4, 0.5) is 0 Å². The lowest BCUT2D eigenvalue weighted by Crippen LogP contribution is -1.75. The maximum Gasteiger partial charge on any atom is 0.106 e. The Bertz CT molecular complexity index is 177. The van der Waals surface area contributed by atoms with Crippen LogP contribution in [0, 0.1) is 6.92 Å². The first kappa shape index (κ1) is 10.3. The molecule has 0 unspecified atom stereocenters. The zero-order chi connectivity index (χ0) is 8.69. The molecule has 1 rings (SSSR count). The quantitative estimate of drug-likeness (QED) is 0.602. The average molecular weight is 154 g/mol. The van der Waals surface area contributed by atoms with Gasteiger partial charge in [-0.25, -0.2) is 0 Å². The van der Waals surface area contributed by atoms with E-state index in [-0.39, 0.29) is 0 Å². The molecule has 1 aromatic rings. The first-order valence-electron chi connectivity index (χ1n) is 4.29. The molecule has 0 spiro atoms. The lowest BCUT2D eigenvalue weighted by atomic mass is 10.2. The Morgan fingerprint density at radius 1 is 1.27 bits per heavy atom. The van der Waals surface area contributed by atoms with Crippen LogP contribution in [0.2, 0.25) is 0 Å². The van der Waals surface area contributed by atoms with Crippen LogP contribution < -0.4 is 0 Å². The van der Waals surface area contributed by atoms with Gasteiger partial charge in [0.05, 0.1) is 6.26 Å². The van der Waals surface area contributed by atoms with Gasteiger partial charge in [-0.2, -0.15) is 0 Å². The molecule has 0 aliphatic rings. The van der Waals surface area contributed by atoms with Crippen LogP contribution >= 0.6 is 0 Å². The zero-order valence-corrected chi connectivity index (χ0v) is 7.98. The largest absolute Gasteiger partial charge is 0.469 e. The summed E-state index contributed by atoms with van der Waals surface area (Å²) in [6.07, 6.45) is 3.98. The molecule has 1 aromatic heterocycles. The van der Waals surface area contributed by atoms with Gasteiger partial charge in [0.25, 0.3) is 0 Å². The highest BCUT2D eigenvalue weighted by atomic mass is 16.3. The minimum absolute atomic E-state index is 0.999. The normalized spacial score (nSPS) is 8.73. The van der Waals surface area contributed by atoms with Crippen molar-refractivity contribution in [1.29, 1.82) is 0 Å². The Balaban J connectivity index is 0.000000292. The van der Waals surface area contributed by atoms with E-state index in [1.54, 1.807) is 6.26 Å². The molecule has 1 heterocycles. The molecule has 0 amide bonds. The van der Waals surface area contributed by atoms with Gasteiger partial charge < -0.3 is 4.42 Å². The highest BCUT2D eigenvalue weighted by Gasteiger charge is 1.94. The fourth-order valence-electron chi connectivity index (χ4n) is 0.766. The Morgan fingerprint density at radius 2 is 1.82 bits per heavy atom. The second-order valence-electron chi connectivity index (χ2n) is 2.59. The summed E-state index contributed by atoms with van der Waals surface area (Å²) in [4.78, 5) is 0. The van der Waals surface area contributed by atoms with Crippen molar-refractivity contribution in [3.63, 3.8) is 0 Å². The summed E-state index contributed by atoms with van der Waals surface area (Å²) >= 11 is 0. The number of hydrogen-bond donors (Lipinski definition) is 0. The fourth-order valence-corrected chi connectivity index (χ4v) is 0.766. The summed E-state index contributed by atoms with van der Waals surface area (Å²) in [7, 11) is 0. The summed E-state index contributed by atoms with van der Waals surface area (Å²) in [6.45, 7) is 8.40. The Hall–Kier alpha value is -0.720. The van der Waals surface area contributed by atoms with E-state index in [0.29, 0.717) is 0 Å². The molecule has 0 atom stereocenters. The average Bonchev–Trinajstić information content (AvgIpc) is 2.36. The highest BCUT2D eigenvalue weighted by molar-refractivity contribution is 5.13. The molecule has 0 N–H and O–H groups in total. The standard InChI is InChI=1S/C7H10O.C3H8/c1-3-7-6(2)4-5-8-7;1-3-2/h4-5H,3H2,1-2H3;3H2,1-2H3. The summed E-state index contributed by atoms with van der Waals surface area (Å²) in [5, 5.41) is 0. The lowest BCUT2D eigenvalue weighted by molar-refractivity contribution is 0.513. The predicted molar refractivity (Wildman–Crippen MR) is 48.8 cm³/mol. The van der Waals surface area contributed by atoms with E-state index in [9.17, 15) is 0 Å². The number of rotatable bonds is 1. The van der Waals surface area contributed by atoms with E-state index in [1.807, 2.05) is 6.07 Å². The van der Waals surface area contributed by atoms with Crippen molar-refractivity contribution in [1.82, 2.24) is 0 Å². The molecule has 0 aromatic carbocycles. The highest BCUT2D eigenvalue weighted by Crippen LogP contribution is 2.07. The van der Waals surface area contributed by atoms with Crippen molar-refractivity contribution in [3.8, 4) is 0 Å². The number of hydrogen-bond acceptors (Lipinski definition) is 1. The monoisotopic (exact) mass is 154 g/mol. The van der Waals surface area contributed by atoms with Gasteiger partial charge in [0, 0.05) is 6.42 Å². The molecule has 0 saturated heterocycles. The van der Waals surface area contributed by atoms with Gasteiger partial charge >= 0.3 is 0 Å². The summed E-state index contributed by atoms with van der Waals surface area (Å²) in [5.74, 6) is 1.10. The maximum absolute atomic E-state index is 5.11. The van der Waals surface area contributed by atoms with Crippen LogP contribution in [-0.4, -0.2) is 0 Å². The zero-order valence-electron chi connectivity index (χ0n) is 7.98. The Kier molecular flexibility index (Phi) is 5.63. The van der Waals surface area contributed by atoms with Gasteiger partial charge in [-0.1, -0.05) is 27.2 Å². The summed E-state index contributed by atoms with van der Waals surface area (Å²) in [5.41, 5.74) is 1.26. The smallest absolute Gasteiger partial charge is 0.106 e. The van der Waals surface area contributed by atoms with Crippen molar-refractivity contribution in [2.45, 2.75) is 40.5 Å². The fraction of sp³-hybridized carbons (Fsp3) is 0.600. The van der Waals surface area contributed by atoms with Gasteiger partial charge in [0.2, 0.25) is 0 Å². The molecule has 64 valence electrons. The molecule has 11 heavy (non-hydrogen) atoms. The van der Waals surface area contributed by atoms with Crippen LogP contribution in [0.1, 0.15) is 38.5 Å². The first-order chi connectivity index (χ1) is 5.26. The van der Waals surface area contributed by atoms with Gasteiger partial charge in [0.1, 0.15) is 5.76 Å². The third-order valence-electron chi connectivity index (χ3n) is 1.29. The molecule has 0 radical (unpaired) electrons. The number of aryl methyl sites for hydroxylation is 2. The molecule has 0 fully saturated rings. The van der Waals surface area contributed by atoms with Crippen molar-refractivity contribution >= 4 is 0 Å². The second-order valence-corrected chi connectivity index (χ2v) is 2.59. The molecule has 0 aliphatic heterocycles.